The summed E-state index contributed by atoms with van der Waals surface area (Å²) in [5.41, 5.74) is 4.72. The van der Waals surface area contributed by atoms with Crippen LogP contribution in [0.1, 0.15) is 50.8 Å². The van der Waals surface area contributed by atoms with Crippen molar-refractivity contribution in [3.63, 3.8) is 0 Å². The molecule has 23 heavy (non-hydrogen) atoms. The fourth-order valence-electron chi connectivity index (χ4n) is 2.93. The number of carbonyl (C=O) groups excluding carboxylic acids is 2. The molecule has 0 saturated heterocycles. The third kappa shape index (κ3) is 3.34. The molecule has 2 aromatic carbocycles. The highest BCUT2D eigenvalue weighted by Gasteiger charge is 2.22. The molecule has 0 amide bonds. The van der Waals surface area contributed by atoms with Gasteiger partial charge in [0.2, 0.25) is 5.78 Å². The molecule has 0 N–H and O–H groups in total. The van der Waals surface area contributed by atoms with Gasteiger partial charge in [0.25, 0.3) is 0 Å². The van der Waals surface area contributed by atoms with Crippen LogP contribution < -0.4 is 0 Å². The molecule has 0 aliphatic heterocycles. The van der Waals surface area contributed by atoms with E-state index in [4.69, 9.17) is 4.74 Å². The summed E-state index contributed by atoms with van der Waals surface area (Å²) in [4.78, 5) is 24.6. The quantitative estimate of drug-likeness (QED) is 0.635. The lowest BCUT2D eigenvalue weighted by Crippen LogP contribution is -2.24. The van der Waals surface area contributed by atoms with Gasteiger partial charge in [-0.05, 0) is 62.4 Å². The lowest BCUT2D eigenvalue weighted by atomic mass is 10.0. The van der Waals surface area contributed by atoms with E-state index in [1.807, 2.05) is 37.3 Å². The third-order valence-electron chi connectivity index (χ3n) is 4.32. The van der Waals surface area contributed by atoms with Crippen LogP contribution in [0.15, 0.2) is 42.5 Å². The van der Waals surface area contributed by atoms with Crippen molar-refractivity contribution in [2.45, 2.75) is 39.2 Å². The number of benzene rings is 2. The predicted molar refractivity (Wildman–Crippen MR) is 88.9 cm³/mol. The maximum atomic E-state index is 12.5. The van der Waals surface area contributed by atoms with E-state index in [1.165, 1.54) is 11.1 Å². The van der Waals surface area contributed by atoms with Gasteiger partial charge in [0.15, 0.2) is 6.10 Å². The Morgan fingerprint density at radius 3 is 2.35 bits per heavy atom. The summed E-state index contributed by atoms with van der Waals surface area (Å²) in [5.74, 6) is -0.618. The molecule has 118 valence electrons. The minimum atomic E-state index is -0.789. The van der Waals surface area contributed by atoms with Crippen molar-refractivity contribution >= 4 is 11.8 Å². The number of rotatable bonds is 4. The molecule has 0 spiro atoms. The maximum absolute atomic E-state index is 12.5. The average molecular weight is 308 g/mol. The van der Waals surface area contributed by atoms with Crippen molar-refractivity contribution in [2.24, 2.45) is 0 Å². The molecule has 3 heteroatoms. The molecule has 0 radical (unpaired) electrons. The van der Waals surface area contributed by atoms with E-state index >= 15 is 0 Å². The zero-order valence-corrected chi connectivity index (χ0v) is 13.5. The number of ketones is 1. The third-order valence-corrected chi connectivity index (χ3v) is 4.32. The highest BCUT2D eigenvalue weighted by atomic mass is 16.5. The van der Waals surface area contributed by atoms with Crippen LogP contribution in [-0.2, 0) is 17.6 Å². The van der Waals surface area contributed by atoms with Crippen molar-refractivity contribution in [1.82, 2.24) is 0 Å². The summed E-state index contributed by atoms with van der Waals surface area (Å²) in [5, 5.41) is 0. The molecular weight excluding hydrogens is 288 g/mol. The molecule has 1 aliphatic carbocycles. The molecule has 0 fully saturated rings. The SMILES string of the molecule is Cc1ccc(C(=O)O[C@H](C)C(=O)c2ccc3c(c2)CCC3)cc1. The smallest absolute Gasteiger partial charge is 0.338 e. The van der Waals surface area contributed by atoms with Crippen LogP contribution in [0, 0.1) is 6.92 Å². The Hall–Kier alpha value is -2.42. The summed E-state index contributed by atoms with van der Waals surface area (Å²) in [6, 6.07) is 12.9. The number of hydrogen-bond acceptors (Lipinski definition) is 3. The average Bonchev–Trinajstić information content (AvgIpc) is 3.02. The molecule has 3 rings (SSSR count). The molecule has 0 unspecified atom stereocenters. The predicted octanol–water partition coefficient (Wildman–Crippen LogP) is 3.91. The Kier molecular flexibility index (Phi) is 4.28. The Morgan fingerprint density at radius 1 is 0.957 bits per heavy atom. The first-order valence-corrected chi connectivity index (χ1v) is 7.98. The van der Waals surface area contributed by atoms with Crippen LogP contribution in [0.25, 0.3) is 0 Å². The van der Waals surface area contributed by atoms with Gasteiger partial charge in [0, 0.05) is 5.56 Å². The zero-order chi connectivity index (χ0) is 16.4. The fourth-order valence-corrected chi connectivity index (χ4v) is 2.93. The zero-order valence-electron chi connectivity index (χ0n) is 13.5. The second-order valence-electron chi connectivity index (χ2n) is 6.11. The van der Waals surface area contributed by atoms with E-state index in [0.29, 0.717) is 11.1 Å². The van der Waals surface area contributed by atoms with Crippen LogP contribution in [0.4, 0.5) is 0 Å². The summed E-state index contributed by atoms with van der Waals surface area (Å²) < 4.78 is 5.32. The molecule has 1 aliphatic rings. The number of fused-ring (bicyclic) bond motifs is 1. The lowest BCUT2D eigenvalue weighted by Gasteiger charge is -2.13. The minimum Gasteiger partial charge on any atom is -0.451 e. The highest BCUT2D eigenvalue weighted by Crippen LogP contribution is 2.23. The summed E-state index contributed by atoms with van der Waals surface area (Å²) in [6.45, 7) is 3.58. The van der Waals surface area contributed by atoms with Gasteiger partial charge in [-0.2, -0.15) is 0 Å². The van der Waals surface area contributed by atoms with E-state index in [9.17, 15) is 9.59 Å². The second kappa shape index (κ2) is 6.37. The van der Waals surface area contributed by atoms with E-state index in [1.54, 1.807) is 19.1 Å². The van der Waals surface area contributed by atoms with Crippen LogP contribution in [0.3, 0.4) is 0 Å². The van der Waals surface area contributed by atoms with Gasteiger partial charge < -0.3 is 4.74 Å². The number of Topliss-reactive ketones (excluding diaryl/α,β-unsaturated/α-hetero) is 1. The van der Waals surface area contributed by atoms with Gasteiger partial charge in [0.1, 0.15) is 0 Å². The summed E-state index contributed by atoms with van der Waals surface area (Å²) in [7, 11) is 0. The molecule has 1 atom stereocenters. The molecule has 0 saturated carbocycles. The summed E-state index contributed by atoms with van der Waals surface area (Å²) in [6.07, 6.45) is 2.46. The number of carbonyl (C=O) groups is 2. The second-order valence-corrected chi connectivity index (χ2v) is 6.11. The number of hydrogen-bond donors (Lipinski definition) is 0. The van der Waals surface area contributed by atoms with E-state index in [-0.39, 0.29) is 5.78 Å². The van der Waals surface area contributed by atoms with E-state index in [0.717, 1.165) is 24.8 Å². The minimum absolute atomic E-state index is 0.153. The van der Waals surface area contributed by atoms with Crippen molar-refractivity contribution in [2.75, 3.05) is 0 Å². The van der Waals surface area contributed by atoms with Gasteiger partial charge in [-0.25, -0.2) is 4.79 Å². The molecule has 3 nitrogen and oxygen atoms in total. The molecule has 2 aromatic rings. The number of ether oxygens (including phenoxy) is 1. The normalized spacial score (nSPS) is 14.2. The molecule has 0 heterocycles. The number of aryl methyl sites for hydroxylation is 3. The lowest BCUT2D eigenvalue weighted by molar-refractivity contribution is 0.0319. The molecule has 0 bridgehead atoms. The van der Waals surface area contributed by atoms with E-state index < -0.39 is 12.1 Å². The Morgan fingerprint density at radius 2 is 1.61 bits per heavy atom. The van der Waals surface area contributed by atoms with Crippen LogP contribution in [0.5, 0.6) is 0 Å². The monoisotopic (exact) mass is 308 g/mol. The Bertz CT molecular complexity index is 744. The van der Waals surface area contributed by atoms with Crippen molar-refractivity contribution in [1.29, 1.82) is 0 Å². The van der Waals surface area contributed by atoms with Gasteiger partial charge in [-0.1, -0.05) is 29.8 Å². The van der Waals surface area contributed by atoms with Gasteiger partial charge in [0.05, 0.1) is 5.56 Å². The molecule has 0 aromatic heterocycles. The standard InChI is InChI=1S/C20H20O3/c1-13-6-8-16(9-7-13)20(22)23-14(2)19(21)18-11-10-15-4-3-5-17(15)12-18/h6-12,14H,3-5H2,1-2H3/t14-/m1/s1. The highest BCUT2D eigenvalue weighted by molar-refractivity contribution is 6.01. The largest absolute Gasteiger partial charge is 0.451 e. The maximum Gasteiger partial charge on any atom is 0.338 e. The fraction of sp³-hybridized carbons (Fsp3) is 0.300. The Labute approximate surface area is 136 Å². The van der Waals surface area contributed by atoms with Crippen molar-refractivity contribution < 1.29 is 14.3 Å². The van der Waals surface area contributed by atoms with Gasteiger partial charge in [-0.15, -0.1) is 0 Å². The van der Waals surface area contributed by atoms with Gasteiger partial charge in [-0.3, -0.25) is 4.79 Å². The summed E-state index contributed by atoms with van der Waals surface area (Å²) >= 11 is 0. The van der Waals surface area contributed by atoms with Crippen molar-refractivity contribution in [3.05, 3.63) is 70.3 Å². The van der Waals surface area contributed by atoms with Gasteiger partial charge >= 0.3 is 5.97 Å². The topological polar surface area (TPSA) is 43.4 Å². The van der Waals surface area contributed by atoms with Crippen LogP contribution in [0.2, 0.25) is 0 Å². The number of esters is 1. The van der Waals surface area contributed by atoms with Crippen LogP contribution >= 0.6 is 0 Å². The van der Waals surface area contributed by atoms with E-state index in [2.05, 4.69) is 0 Å². The van der Waals surface area contributed by atoms with Crippen LogP contribution in [-0.4, -0.2) is 17.9 Å². The first kappa shape index (κ1) is 15.5. The van der Waals surface area contributed by atoms with Crippen molar-refractivity contribution in [3.8, 4) is 0 Å². The first-order chi connectivity index (χ1) is 11.0. The first-order valence-electron chi connectivity index (χ1n) is 7.98. The Balaban J connectivity index is 1.70. The molecular formula is C20H20O3.